The van der Waals surface area contributed by atoms with Crippen LogP contribution >= 0.6 is 0 Å². The third kappa shape index (κ3) is 6.82. The van der Waals surface area contributed by atoms with Gasteiger partial charge in [0.25, 0.3) is 0 Å². The average molecular weight is 394 g/mol. The number of ether oxygens (including phenoxy) is 2. The van der Waals surface area contributed by atoms with Crippen LogP contribution < -0.4 is 20.9 Å². The van der Waals surface area contributed by atoms with E-state index < -0.39 is 11.7 Å². The molecule has 0 bridgehead atoms. The van der Waals surface area contributed by atoms with Crippen LogP contribution in [-0.4, -0.2) is 18.8 Å². The molecule has 0 aromatic heterocycles. The van der Waals surface area contributed by atoms with Crippen LogP contribution in [0.15, 0.2) is 52.7 Å². The number of nitrogens with zero attached hydrogens (tertiary/aromatic N) is 2. The van der Waals surface area contributed by atoms with E-state index in [-0.39, 0.29) is 18.1 Å². The van der Waals surface area contributed by atoms with Crippen LogP contribution in [0.4, 0.5) is 13.2 Å². The Morgan fingerprint density at radius 3 is 2.43 bits per heavy atom. The van der Waals surface area contributed by atoms with E-state index in [1.165, 1.54) is 18.3 Å². The van der Waals surface area contributed by atoms with E-state index in [1.807, 2.05) is 6.92 Å². The predicted octanol–water partition coefficient (Wildman–Crippen LogP) is 3.62. The van der Waals surface area contributed by atoms with E-state index in [4.69, 9.17) is 20.9 Å². The van der Waals surface area contributed by atoms with Crippen LogP contribution in [0.5, 0.6) is 11.5 Å². The number of hydrogen-bond acceptors (Lipinski definition) is 4. The Kier molecular flexibility index (Phi) is 7.25. The molecule has 2 aromatic carbocycles. The van der Waals surface area contributed by atoms with E-state index in [1.54, 1.807) is 24.3 Å². The lowest BCUT2D eigenvalue weighted by atomic mass is 10.1. The van der Waals surface area contributed by atoms with Gasteiger partial charge in [-0.2, -0.15) is 18.3 Å². The van der Waals surface area contributed by atoms with Crippen molar-refractivity contribution in [1.29, 1.82) is 0 Å². The Morgan fingerprint density at radius 1 is 1.07 bits per heavy atom. The largest absolute Gasteiger partial charge is 0.493 e. The first-order valence-corrected chi connectivity index (χ1v) is 8.38. The monoisotopic (exact) mass is 394 g/mol. The van der Waals surface area contributed by atoms with Crippen molar-refractivity contribution >= 4 is 12.2 Å². The van der Waals surface area contributed by atoms with Crippen molar-refractivity contribution in [3.8, 4) is 11.5 Å². The van der Waals surface area contributed by atoms with Gasteiger partial charge < -0.3 is 20.9 Å². The summed E-state index contributed by atoms with van der Waals surface area (Å²) < 4.78 is 50.4. The highest BCUT2D eigenvalue weighted by atomic mass is 19.4. The molecule has 28 heavy (non-hydrogen) atoms. The van der Waals surface area contributed by atoms with Gasteiger partial charge in [-0.1, -0.05) is 18.2 Å². The number of guanidine groups is 1. The highest BCUT2D eigenvalue weighted by Gasteiger charge is 2.32. The van der Waals surface area contributed by atoms with Crippen LogP contribution in [0, 0.1) is 6.92 Å². The SMILES string of the molecule is Cc1cc(OCC/C=N/N=C(N)N)cc(OCc2ccccc2C(F)(F)F)c1. The van der Waals surface area contributed by atoms with Crippen LogP contribution in [0.2, 0.25) is 0 Å². The molecule has 0 heterocycles. The molecule has 0 aliphatic carbocycles. The molecule has 0 saturated carbocycles. The van der Waals surface area contributed by atoms with Gasteiger partial charge in [0.2, 0.25) is 5.96 Å². The molecule has 2 rings (SSSR count). The van der Waals surface area contributed by atoms with E-state index >= 15 is 0 Å². The molecule has 0 aliphatic heterocycles. The minimum absolute atomic E-state index is 0.0647. The third-order valence-corrected chi connectivity index (χ3v) is 3.51. The lowest BCUT2D eigenvalue weighted by Crippen LogP contribution is -2.21. The smallest absolute Gasteiger partial charge is 0.416 e. The molecule has 0 atom stereocenters. The first-order chi connectivity index (χ1) is 13.3. The maximum Gasteiger partial charge on any atom is 0.416 e. The molecule has 4 N–H and O–H groups in total. The Balaban J connectivity index is 1.99. The Hall–Kier alpha value is -3.23. The molecule has 150 valence electrons. The Bertz CT molecular complexity index is 847. The third-order valence-electron chi connectivity index (χ3n) is 3.51. The molecule has 0 radical (unpaired) electrons. The van der Waals surface area contributed by atoms with E-state index in [2.05, 4.69) is 10.2 Å². The van der Waals surface area contributed by atoms with Crippen molar-refractivity contribution in [1.82, 2.24) is 0 Å². The fraction of sp³-hybridized carbons (Fsp3) is 0.263. The summed E-state index contributed by atoms with van der Waals surface area (Å²) in [5.74, 6) is 0.820. The zero-order chi connectivity index (χ0) is 20.6. The molecule has 9 heteroatoms. The maximum absolute atomic E-state index is 13.1. The normalized spacial score (nSPS) is 11.4. The number of halogens is 3. The summed E-state index contributed by atoms with van der Waals surface area (Å²) in [6.07, 6.45) is -2.46. The minimum Gasteiger partial charge on any atom is -0.493 e. The number of alkyl halides is 3. The molecule has 0 amide bonds. The van der Waals surface area contributed by atoms with E-state index in [0.29, 0.717) is 24.5 Å². The number of rotatable bonds is 8. The second-order valence-electron chi connectivity index (χ2n) is 5.89. The van der Waals surface area contributed by atoms with Gasteiger partial charge in [-0.15, -0.1) is 5.10 Å². The number of aryl methyl sites for hydroxylation is 1. The van der Waals surface area contributed by atoms with Gasteiger partial charge in [0, 0.05) is 24.3 Å². The minimum atomic E-state index is -4.43. The van der Waals surface area contributed by atoms with Crippen LogP contribution in [0.25, 0.3) is 0 Å². The van der Waals surface area contributed by atoms with Gasteiger partial charge in [-0.3, -0.25) is 0 Å². The molecule has 0 fully saturated rings. The van der Waals surface area contributed by atoms with Crippen molar-refractivity contribution in [3.63, 3.8) is 0 Å². The fourth-order valence-electron chi connectivity index (χ4n) is 2.36. The van der Waals surface area contributed by atoms with Gasteiger partial charge in [-0.05, 0) is 30.7 Å². The van der Waals surface area contributed by atoms with E-state index in [9.17, 15) is 13.2 Å². The number of hydrogen-bond donors (Lipinski definition) is 2. The topological polar surface area (TPSA) is 95.2 Å². The summed E-state index contributed by atoms with van der Waals surface area (Å²) in [4.78, 5) is 0. The number of nitrogens with two attached hydrogens (primary N) is 2. The summed E-state index contributed by atoms with van der Waals surface area (Å²) in [5, 5.41) is 7.11. The van der Waals surface area contributed by atoms with Gasteiger partial charge in [0.15, 0.2) is 0 Å². The molecular formula is C19H21F3N4O2. The Morgan fingerprint density at radius 2 is 1.75 bits per heavy atom. The second kappa shape index (κ2) is 9.63. The molecule has 6 nitrogen and oxygen atoms in total. The van der Waals surface area contributed by atoms with Crippen molar-refractivity contribution in [2.24, 2.45) is 21.7 Å². The number of benzene rings is 2. The zero-order valence-electron chi connectivity index (χ0n) is 15.2. The molecule has 0 saturated heterocycles. The first kappa shape index (κ1) is 21.1. The molecule has 0 aliphatic rings. The first-order valence-electron chi connectivity index (χ1n) is 8.38. The summed E-state index contributed by atoms with van der Waals surface area (Å²) >= 11 is 0. The van der Waals surface area contributed by atoms with Crippen LogP contribution in [0.3, 0.4) is 0 Å². The van der Waals surface area contributed by atoms with Crippen molar-refractivity contribution < 1.29 is 22.6 Å². The Labute approximate surface area is 160 Å². The highest BCUT2D eigenvalue weighted by Crippen LogP contribution is 2.32. The van der Waals surface area contributed by atoms with Gasteiger partial charge in [0.05, 0.1) is 12.2 Å². The standard InChI is InChI=1S/C19H21F3N4O2/c1-13-9-15(27-8-4-7-25-26-18(23)24)11-16(10-13)28-12-14-5-2-3-6-17(14)19(20,21)22/h2-3,5-7,9-11H,4,8,12H2,1H3,(H4,23,24,26)/b25-7+. The summed E-state index contributed by atoms with van der Waals surface area (Å²) in [6, 6.07) is 10.5. The lowest BCUT2D eigenvalue weighted by molar-refractivity contribution is -0.138. The average Bonchev–Trinajstić information content (AvgIpc) is 2.62. The van der Waals surface area contributed by atoms with Crippen molar-refractivity contribution in [3.05, 3.63) is 59.2 Å². The van der Waals surface area contributed by atoms with Crippen LogP contribution in [-0.2, 0) is 12.8 Å². The summed E-state index contributed by atoms with van der Waals surface area (Å²) in [7, 11) is 0. The predicted molar refractivity (Wildman–Crippen MR) is 101 cm³/mol. The molecule has 2 aromatic rings. The van der Waals surface area contributed by atoms with E-state index in [0.717, 1.165) is 11.6 Å². The maximum atomic E-state index is 13.1. The van der Waals surface area contributed by atoms with Gasteiger partial charge in [-0.25, -0.2) is 0 Å². The second-order valence-corrected chi connectivity index (χ2v) is 5.89. The van der Waals surface area contributed by atoms with Crippen molar-refractivity contribution in [2.75, 3.05) is 6.61 Å². The zero-order valence-corrected chi connectivity index (χ0v) is 15.2. The van der Waals surface area contributed by atoms with Crippen molar-refractivity contribution in [2.45, 2.75) is 26.1 Å². The fourth-order valence-corrected chi connectivity index (χ4v) is 2.36. The summed E-state index contributed by atoms with van der Waals surface area (Å²) in [5.41, 5.74) is 10.5. The molecule has 0 unspecified atom stereocenters. The molecule has 0 spiro atoms. The lowest BCUT2D eigenvalue weighted by Gasteiger charge is -2.14. The summed E-state index contributed by atoms with van der Waals surface area (Å²) in [6.45, 7) is 1.95. The highest BCUT2D eigenvalue weighted by molar-refractivity contribution is 5.76. The molecular weight excluding hydrogens is 373 g/mol. The van der Waals surface area contributed by atoms with Gasteiger partial charge in [0.1, 0.15) is 18.1 Å². The van der Waals surface area contributed by atoms with Gasteiger partial charge >= 0.3 is 6.18 Å². The van der Waals surface area contributed by atoms with Crippen LogP contribution in [0.1, 0.15) is 23.1 Å². The quantitative estimate of drug-likeness (QED) is 0.309.